The number of aliphatic hydroxyl groups excluding tert-OH is 1. The van der Waals surface area contributed by atoms with Gasteiger partial charge in [-0.2, -0.15) is 0 Å². The Labute approximate surface area is 128 Å². The van der Waals surface area contributed by atoms with E-state index in [1.807, 2.05) is 30.3 Å². The van der Waals surface area contributed by atoms with E-state index in [1.165, 1.54) is 12.1 Å². The molecule has 3 rings (SSSR count). The molecule has 0 aliphatic carbocycles. The molecule has 0 saturated heterocycles. The predicted molar refractivity (Wildman–Crippen MR) is 77.9 cm³/mol. The van der Waals surface area contributed by atoms with Gasteiger partial charge in [0.25, 0.3) is 0 Å². The van der Waals surface area contributed by atoms with E-state index >= 15 is 0 Å². The molecule has 3 aromatic rings. The van der Waals surface area contributed by atoms with Gasteiger partial charge >= 0.3 is 0 Å². The molecule has 0 fully saturated rings. The lowest BCUT2D eigenvalue weighted by molar-refractivity contribution is 0.179. The molecule has 6 heteroatoms. The van der Waals surface area contributed by atoms with Gasteiger partial charge in [0.2, 0.25) is 11.8 Å². The fourth-order valence-corrected chi connectivity index (χ4v) is 2.23. The fraction of sp³-hybridized carbons (Fsp3) is 0.0667. The van der Waals surface area contributed by atoms with E-state index in [-0.39, 0.29) is 17.3 Å². The van der Waals surface area contributed by atoms with Crippen LogP contribution in [0.5, 0.6) is 0 Å². The highest BCUT2D eigenvalue weighted by atomic mass is 79.9. The summed E-state index contributed by atoms with van der Waals surface area (Å²) in [6, 6.07) is 13.5. The first kappa shape index (κ1) is 13.9. The zero-order valence-corrected chi connectivity index (χ0v) is 12.3. The Balaban J connectivity index is 1.92. The van der Waals surface area contributed by atoms with Gasteiger partial charge in [0.05, 0.1) is 0 Å². The third-order valence-corrected chi connectivity index (χ3v) is 3.45. The van der Waals surface area contributed by atoms with Crippen LogP contribution in [-0.4, -0.2) is 15.3 Å². The number of halogens is 2. The summed E-state index contributed by atoms with van der Waals surface area (Å²) in [6.07, 6.45) is -1.30. The summed E-state index contributed by atoms with van der Waals surface area (Å²) >= 11 is 3.16. The van der Waals surface area contributed by atoms with Gasteiger partial charge in [-0.05, 0) is 24.3 Å². The summed E-state index contributed by atoms with van der Waals surface area (Å²) in [7, 11) is 0. The molecule has 1 N–H and O–H groups in total. The molecule has 0 radical (unpaired) electrons. The minimum Gasteiger partial charge on any atom is -0.417 e. The van der Waals surface area contributed by atoms with Crippen molar-refractivity contribution >= 4 is 15.9 Å². The van der Waals surface area contributed by atoms with E-state index in [0.717, 1.165) is 5.56 Å². The molecule has 0 bridgehead atoms. The second kappa shape index (κ2) is 5.75. The highest BCUT2D eigenvalue weighted by Crippen LogP contribution is 2.27. The number of nitrogens with zero attached hydrogens (tertiary/aromatic N) is 2. The van der Waals surface area contributed by atoms with Crippen LogP contribution in [0.1, 0.15) is 17.6 Å². The van der Waals surface area contributed by atoms with Crippen LogP contribution in [0.4, 0.5) is 4.39 Å². The van der Waals surface area contributed by atoms with Crippen molar-refractivity contribution in [2.75, 3.05) is 0 Å². The van der Waals surface area contributed by atoms with Gasteiger partial charge in [-0.3, -0.25) is 0 Å². The Kier molecular flexibility index (Phi) is 3.81. The summed E-state index contributed by atoms with van der Waals surface area (Å²) in [5.74, 6) is -0.311. The smallest absolute Gasteiger partial charge is 0.249 e. The van der Waals surface area contributed by atoms with Gasteiger partial charge < -0.3 is 9.52 Å². The number of hydrogen-bond acceptors (Lipinski definition) is 4. The molecule has 4 nitrogen and oxygen atoms in total. The SMILES string of the molecule is OC(c1nnc(-c2ccccc2)o1)c1ccc(Br)cc1F. The lowest BCUT2D eigenvalue weighted by atomic mass is 10.1. The molecule has 0 saturated carbocycles. The molecule has 21 heavy (non-hydrogen) atoms. The molecule has 0 aliphatic heterocycles. The number of hydrogen-bond donors (Lipinski definition) is 1. The standard InChI is InChI=1S/C15H10BrFN2O2/c16-10-6-7-11(12(17)8-10)13(20)15-19-18-14(21-15)9-4-2-1-3-5-9/h1-8,13,20H. The van der Waals surface area contributed by atoms with Gasteiger partial charge in [-0.25, -0.2) is 4.39 Å². The molecular weight excluding hydrogens is 339 g/mol. The van der Waals surface area contributed by atoms with E-state index in [1.54, 1.807) is 6.07 Å². The van der Waals surface area contributed by atoms with E-state index in [9.17, 15) is 9.50 Å². The largest absolute Gasteiger partial charge is 0.417 e. The van der Waals surface area contributed by atoms with Crippen molar-refractivity contribution in [3.8, 4) is 11.5 Å². The number of aliphatic hydroxyl groups is 1. The van der Waals surface area contributed by atoms with Crippen LogP contribution in [0, 0.1) is 5.82 Å². The van der Waals surface area contributed by atoms with Gasteiger partial charge in [-0.1, -0.05) is 40.2 Å². The maximum Gasteiger partial charge on any atom is 0.249 e. The Morgan fingerprint density at radius 2 is 1.86 bits per heavy atom. The summed E-state index contributed by atoms with van der Waals surface area (Å²) in [5, 5.41) is 17.8. The Hall–Kier alpha value is -2.05. The van der Waals surface area contributed by atoms with Crippen LogP contribution in [0.3, 0.4) is 0 Å². The van der Waals surface area contributed by atoms with E-state index in [4.69, 9.17) is 4.42 Å². The summed E-state index contributed by atoms with van der Waals surface area (Å²) in [4.78, 5) is 0. The van der Waals surface area contributed by atoms with Crippen molar-refractivity contribution in [1.29, 1.82) is 0 Å². The third-order valence-electron chi connectivity index (χ3n) is 2.95. The molecular formula is C15H10BrFN2O2. The molecule has 1 aromatic heterocycles. The maximum absolute atomic E-state index is 13.8. The average molecular weight is 349 g/mol. The normalized spacial score (nSPS) is 12.3. The lowest BCUT2D eigenvalue weighted by Gasteiger charge is -2.07. The van der Waals surface area contributed by atoms with Crippen molar-refractivity contribution in [2.45, 2.75) is 6.10 Å². The van der Waals surface area contributed by atoms with E-state index in [0.29, 0.717) is 4.47 Å². The zero-order chi connectivity index (χ0) is 14.8. The summed E-state index contributed by atoms with van der Waals surface area (Å²) in [6.45, 7) is 0. The molecule has 2 aromatic carbocycles. The number of rotatable bonds is 3. The first-order valence-electron chi connectivity index (χ1n) is 6.17. The second-order valence-corrected chi connectivity index (χ2v) is 5.30. The minimum absolute atomic E-state index is 0.0462. The summed E-state index contributed by atoms with van der Waals surface area (Å²) in [5.41, 5.74) is 0.821. The molecule has 1 atom stereocenters. The van der Waals surface area contributed by atoms with Crippen molar-refractivity contribution in [1.82, 2.24) is 10.2 Å². The molecule has 106 valence electrons. The van der Waals surface area contributed by atoms with Crippen molar-refractivity contribution in [3.63, 3.8) is 0 Å². The predicted octanol–water partition coefficient (Wildman–Crippen LogP) is 3.72. The van der Waals surface area contributed by atoms with Gasteiger partial charge in [0.1, 0.15) is 5.82 Å². The third kappa shape index (κ3) is 2.86. The van der Waals surface area contributed by atoms with E-state index in [2.05, 4.69) is 26.1 Å². The van der Waals surface area contributed by atoms with Gasteiger partial charge in [-0.15, -0.1) is 10.2 Å². The minimum atomic E-state index is -1.30. The average Bonchev–Trinajstić information content (AvgIpc) is 2.97. The number of aromatic nitrogens is 2. The highest BCUT2D eigenvalue weighted by molar-refractivity contribution is 9.10. The Morgan fingerprint density at radius 1 is 1.10 bits per heavy atom. The zero-order valence-electron chi connectivity index (χ0n) is 10.7. The molecule has 0 aliphatic rings. The van der Waals surface area contributed by atoms with Crippen LogP contribution in [-0.2, 0) is 0 Å². The Bertz CT molecular complexity index is 761. The quantitative estimate of drug-likeness (QED) is 0.783. The molecule has 1 unspecified atom stereocenters. The molecule has 1 heterocycles. The maximum atomic E-state index is 13.8. The van der Waals surface area contributed by atoms with Crippen LogP contribution in [0.2, 0.25) is 0 Å². The van der Waals surface area contributed by atoms with Gasteiger partial charge in [0.15, 0.2) is 6.10 Å². The number of benzene rings is 2. The fourth-order valence-electron chi connectivity index (χ4n) is 1.90. The first-order chi connectivity index (χ1) is 10.1. The van der Waals surface area contributed by atoms with Crippen LogP contribution in [0.25, 0.3) is 11.5 Å². The topological polar surface area (TPSA) is 59.2 Å². The molecule has 0 spiro atoms. The van der Waals surface area contributed by atoms with Crippen LogP contribution < -0.4 is 0 Å². The van der Waals surface area contributed by atoms with Crippen LogP contribution >= 0.6 is 15.9 Å². The van der Waals surface area contributed by atoms with Crippen LogP contribution in [0.15, 0.2) is 57.4 Å². The second-order valence-electron chi connectivity index (χ2n) is 4.38. The van der Waals surface area contributed by atoms with Gasteiger partial charge in [0, 0.05) is 15.6 Å². The monoisotopic (exact) mass is 348 g/mol. The Morgan fingerprint density at radius 3 is 2.57 bits per heavy atom. The van der Waals surface area contributed by atoms with Crippen molar-refractivity contribution < 1.29 is 13.9 Å². The van der Waals surface area contributed by atoms with Crippen molar-refractivity contribution in [2.24, 2.45) is 0 Å². The molecule has 0 amide bonds. The highest BCUT2D eigenvalue weighted by Gasteiger charge is 2.21. The summed E-state index contributed by atoms with van der Waals surface area (Å²) < 4.78 is 19.8. The lowest BCUT2D eigenvalue weighted by Crippen LogP contribution is -2.03. The first-order valence-corrected chi connectivity index (χ1v) is 6.96. The van der Waals surface area contributed by atoms with E-state index < -0.39 is 11.9 Å². The van der Waals surface area contributed by atoms with Crippen molar-refractivity contribution in [3.05, 3.63) is 70.3 Å².